The fourth-order valence-electron chi connectivity index (χ4n) is 3.23. The molecule has 180 valence electrons. The lowest BCUT2D eigenvalue weighted by molar-refractivity contribution is -0.113. The van der Waals surface area contributed by atoms with Crippen molar-refractivity contribution in [3.63, 3.8) is 0 Å². The molecule has 3 aromatic carbocycles. The first kappa shape index (κ1) is 25.0. The number of Topliss-reactive ketones (excluding diaryl/α,β-unsaturated/α-hetero) is 1. The predicted octanol–water partition coefficient (Wildman–Crippen LogP) is 6.32. The van der Waals surface area contributed by atoms with Gasteiger partial charge >= 0.3 is 0 Å². The molecule has 0 aliphatic heterocycles. The number of anilines is 1. The van der Waals surface area contributed by atoms with E-state index in [0.717, 1.165) is 4.90 Å². The van der Waals surface area contributed by atoms with Crippen LogP contribution in [0.5, 0.6) is 0 Å². The number of ketones is 1. The second-order valence-corrected chi connectivity index (χ2v) is 9.02. The van der Waals surface area contributed by atoms with Crippen LogP contribution >= 0.6 is 23.4 Å². The van der Waals surface area contributed by atoms with Gasteiger partial charge in [-0.2, -0.15) is 0 Å². The van der Waals surface area contributed by atoms with Gasteiger partial charge in [0.25, 0.3) is 11.8 Å². The van der Waals surface area contributed by atoms with Crippen molar-refractivity contribution in [3.05, 3.63) is 125 Å². The number of carbonyl (C=O) groups excluding carboxylic acids is 3. The summed E-state index contributed by atoms with van der Waals surface area (Å²) < 4.78 is 5.32. The van der Waals surface area contributed by atoms with E-state index in [1.54, 1.807) is 84.9 Å². The summed E-state index contributed by atoms with van der Waals surface area (Å²) in [6.07, 6.45) is 2.93. The first-order valence-electron chi connectivity index (χ1n) is 10.9. The van der Waals surface area contributed by atoms with Crippen molar-refractivity contribution < 1.29 is 18.8 Å². The minimum Gasteiger partial charge on any atom is -0.465 e. The van der Waals surface area contributed by atoms with Gasteiger partial charge in [0.2, 0.25) is 0 Å². The maximum atomic E-state index is 13.1. The second-order valence-electron chi connectivity index (χ2n) is 7.57. The van der Waals surface area contributed by atoms with Crippen LogP contribution in [0, 0.1) is 0 Å². The van der Waals surface area contributed by atoms with Gasteiger partial charge in [-0.25, -0.2) is 0 Å². The molecule has 4 aromatic rings. The van der Waals surface area contributed by atoms with E-state index in [1.165, 1.54) is 24.1 Å². The third kappa shape index (κ3) is 6.75. The Labute approximate surface area is 217 Å². The van der Waals surface area contributed by atoms with Crippen LogP contribution in [-0.2, 0) is 4.79 Å². The number of thioether (sulfide) groups is 1. The average molecular weight is 517 g/mol. The van der Waals surface area contributed by atoms with Crippen LogP contribution in [0.2, 0.25) is 5.02 Å². The van der Waals surface area contributed by atoms with Crippen molar-refractivity contribution >= 4 is 52.7 Å². The van der Waals surface area contributed by atoms with Crippen LogP contribution in [0.25, 0.3) is 6.08 Å². The van der Waals surface area contributed by atoms with Crippen molar-refractivity contribution in [1.82, 2.24) is 5.32 Å². The number of amides is 2. The Bertz CT molecular complexity index is 1400. The zero-order chi connectivity index (χ0) is 25.3. The van der Waals surface area contributed by atoms with Crippen molar-refractivity contribution in [3.8, 4) is 0 Å². The molecule has 1 aromatic heterocycles. The summed E-state index contributed by atoms with van der Waals surface area (Å²) >= 11 is 7.45. The second kappa shape index (κ2) is 12.1. The van der Waals surface area contributed by atoms with Gasteiger partial charge in [0.05, 0.1) is 17.0 Å². The number of carbonyl (C=O) groups is 3. The smallest absolute Gasteiger partial charge is 0.272 e. The zero-order valence-electron chi connectivity index (χ0n) is 18.9. The summed E-state index contributed by atoms with van der Waals surface area (Å²) in [5.74, 6) is -0.433. The zero-order valence-corrected chi connectivity index (χ0v) is 20.5. The van der Waals surface area contributed by atoms with Gasteiger partial charge in [0.15, 0.2) is 5.78 Å². The van der Waals surface area contributed by atoms with E-state index in [0.29, 0.717) is 27.6 Å². The van der Waals surface area contributed by atoms with Gasteiger partial charge < -0.3 is 15.1 Å². The maximum Gasteiger partial charge on any atom is 0.272 e. The van der Waals surface area contributed by atoms with Crippen LogP contribution < -0.4 is 10.6 Å². The van der Waals surface area contributed by atoms with Gasteiger partial charge in [-0.3, -0.25) is 14.4 Å². The van der Waals surface area contributed by atoms with Crippen molar-refractivity contribution in [2.45, 2.75) is 4.90 Å². The number of hydrogen-bond acceptors (Lipinski definition) is 5. The summed E-state index contributed by atoms with van der Waals surface area (Å²) in [6, 6.07) is 26.0. The number of rotatable bonds is 9. The third-order valence-electron chi connectivity index (χ3n) is 4.99. The Morgan fingerprint density at radius 2 is 1.67 bits per heavy atom. The lowest BCUT2D eigenvalue weighted by Crippen LogP contribution is -2.30. The molecule has 2 N–H and O–H groups in total. The Morgan fingerprint density at radius 3 is 2.42 bits per heavy atom. The lowest BCUT2D eigenvalue weighted by Gasteiger charge is -2.12. The van der Waals surface area contributed by atoms with E-state index >= 15 is 0 Å². The molecule has 0 spiro atoms. The summed E-state index contributed by atoms with van der Waals surface area (Å²) in [6.45, 7) is 0. The van der Waals surface area contributed by atoms with Crippen molar-refractivity contribution in [2.75, 3.05) is 11.1 Å². The Balaban J connectivity index is 1.46. The Hall–Kier alpha value is -4.07. The van der Waals surface area contributed by atoms with Gasteiger partial charge in [-0.05, 0) is 54.6 Å². The Morgan fingerprint density at radius 1 is 0.889 bits per heavy atom. The summed E-state index contributed by atoms with van der Waals surface area (Å²) in [5.41, 5.74) is 1.41. The van der Waals surface area contributed by atoms with E-state index in [1.807, 2.05) is 6.07 Å². The first-order valence-corrected chi connectivity index (χ1v) is 12.3. The Kier molecular flexibility index (Phi) is 8.39. The molecule has 0 bridgehead atoms. The van der Waals surface area contributed by atoms with E-state index in [-0.39, 0.29) is 17.2 Å². The van der Waals surface area contributed by atoms with Crippen LogP contribution in [-0.4, -0.2) is 23.4 Å². The molecule has 6 nitrogen and oxygen atoms in total. The minimum atomic E-state index is -0.523. The van der Waals surface area contributed by atoms with E-state index in [2.05, 4.69) is 10.6 Å². The van der Waals surface area contributed by atoms with Gasteiger partial charge in [0, 0.05) is 27.8 Å². The highest BCUT2D eigenvalue weighted by atomic mass is 35.5. The minimum absolute atomic E-state index is 0.0192. The topological polar surface area (TPSA) is 88.4 Å². The number of hydrogen-bond donors (Lipinski definition) is 2. The molecule has 0 saturated heterocycles. The molecule has 1 heterocycles. The molecular weight excluding hydrogens is 496 g/mol. The molecule has 0 fully saturated rings. The molecule has 0 aliphatic carbocycles. The van der Waals surface area contributed by atoms with Gasteiger partial charge in [-0.1, -0.05) is 48.0 Å². The largest absolute Gasteiger partial charge is 0.465 e. The summed E-state index contributed by atoms with van der Waals surface area (Å²) in [7, 11) is 0. The monoisotopic (exact) mass is 516 g/mol. The predicted molar refractivity (Wildman–Crippen MR) is 142 cm³/mol. The van der Waals surface area contributed by atoms with Gasteiger partial charge in [-0.15, -0.1) is 11.8 Å². The van der Waals surface area contributed by atoms with E-state index < -0.39 is 11.8 Å². The SMILES string of the molecule is O=C(Nc1cccc(SCC(=O)c2ccccc2Cl)c1)/C(=C/c1ccco1)NC(=O)c1ccccc1. The molecule has 36 heavy (non-hydrogen) atoms. The summed E-state index contributed by atoms with van der Waals surface area (Å²) in [5, 5.41) is 5.87. The molecule has 0 saturated carbocycles. The normalized spacial score (nSPS) is 11.1. The maximum absolute atomic E-state index is 13.1. The highest BCUT2D eigenvalue weighted by molar-refractivity contribution is 8.00. The highest BCUT2D eigenvalue weighted by Gasteiger charge is 2.16. The number of nitrogens with one attached hydrogen (secondary N) is 2. The molecule has 2 amide bonds. The van der Waals surface area contributed by atoms with Crippen LogP contribution in [0.15, 0.2) is 112 Å². The van der Waals surface area contributed by atoms with Crippen molar-refractivity contribution in [1.29, 1.82) is 0 Å². The lowest BCUT2D eigenvalue weighted by atomic mass is 10.1. The van der Waals surface area contributed by atoms with Gasteiger partial charge in [0.1, 0.15) is 11.5 Å². The third-order valence-corrected chi connectivity index (χ3v) is 6.32. The van der Waals surface area contributed by atoms with E-state index in [9.17, 15) is 14.4 Å². The molecule has 0 aliphatic rings. The highest BCUT2D eigenvalue weighted by Crippen LogP contribution is 2.25. The molecule has 0 radical (unpaired) electrons. The standard InChI is InChI=1S/C28H21ClN2O4S/c29-24-14-5-4-13-23(24)26(32)18-36-22-12-6-10-20(16-22)30-28(34)25(17-21-11-7-15-35-21)31-27(33)19-8-2-1-3-9-19/h1-17H,18H2,(H,30,34)(H,31,33)/b25-17-. The van der Waals surface area contributed by atoms with Crippen LogP contribution in [0.4, 0.5) is 5.69 Å². The molecule has 0 unspecified atom stereocenters. The first-order chi connectivity index (χ1) is 17.5. The fraction of sp³-hybridized carbons (Fsp3) is 0.0357. The van der Waals surface area contributed by atoms with Crippen LogP contribution in [0.3, 0.4) is 0 Å². The number of benzene rings is 3. The molecule has 0 atom stereocenters. The van der Waals surface area contributed by atoms with Crippen molar-refractivity contribution in [2.24, 2.45) is 0 Å². The quantitative estimate of drug-likeness (QED) is 0.154. The number of furan rings is 1. The molecule has 8 heteroatoms. The summed E-state index contributed by atoms with van der Waals surface area (Å²) in [4.78, 5) is 39.1. The molecular formula is C28H21ClN2O4S. The molecule has 4 rings (SSSR count). The average Bonchev–Trinajstić information content (AvgIpc) is 3.41. The number of halogens is 1. The fourth-order valence-corrected chi connectivity index (χ4v) is 4.31. The van der Waals surface area contributed by atoms with E-state index in [4.69, 9.17) is 16.0 Å². The van der Waals surface area contributed by atoms with Crippen LogP contribution in [0.1, 0.15) is 26.5 Å².